The summed E-state index contributed by atoms with van der Waals surface area (Å²) in [5.74, 6) is -0.256. The minimum absolute atomic E-state index is 0.256. The molecule has 104 valence electrons. The van der Waals surface area contributed by atoms with Crippen molar-refractivity contribution in [1.82, 2.24) is 14.6 Å². The van der Waals surface area contributed by atoms with Gasteiger partial charge < -0.3 is 5.32 Å². The van der Waals surface area contributed by atoms with E-state index in [0.29, 0.717) is 19.5 Å². The maximum absolute atomic E-state index is 12.0. The monoisotopic (exact) mass is 283 g/mol. The lowest BCUT2D eigenvalue weighted by Crippen LogP contribution is -2.45. The highest BCUT2D eigenvalue weighted by Crippen LogP contribution is 2.20. The lowest BCUT2D eigenvalue weighted by molar-refractivity contribution is -0.124. The van der Waals surface area contributed by atoms with Gasteiger partial charge in [0.1, 0.15) is 6.04 Å². The van der Waals surface area contributed by atoms with Crippen LogP contribution in [0.15, 0.2) is 24.4 Å². The van der Waals surface area contributed by atoms with E-state index in [1.807, 2.05) is 12.1 Å². The van der Waals surface area contributed by atoms with Gasteiger partial charge in [0, 0.05) is 12.7 Å². The van der Waals surface area contributed by atoms with E-state index in [9.17, 15) is 13.2 Å². The molecule has 1 aliphatic rings. The van der Waals surface area contributed by atoms with Crippen molar-refractivity contribution in [2.45, 2.75) is 25.4 Å². The van der Waals surface area contributed by atoms with E-state index in [2.05, 4.69) is 10.3 Å². The van der Waals surface area contributed by atoms with Crippen LogP contribution in [0.4, 0.5) is 0 Å². The molecule has 1 amide bonds. The normalized spacial score (nSPS) is 20.4. The maximum atomic E-state index is 12.0. The van der Waals surface area contributed by atoms with E-state index in [1.54, 1.807) is 12.3 Å². The Labute approximate surface area is 112 Å². The fourth-order valence-corrected chi connectivity index (χ4v) is 3.32. The molecule has 1 fully saturated rings. The first-order valence-corrected chi connectivity index (χ1v) is 7.98. The summed E-state index contributed by atoms with van der Waals surface area (Å²) in [4.78, 5) is 16.1. The van der Waals surface area contributed by atoms with E-state index in [1.165, 1.54) is 4.31 Å². The Hall–Kier alpha value is -1.47. The molecule has 0 unspecified atom stereocenters. The van der Waals surface area contributed by atoms with Gasteiger partial charge in [-0.05, 0) is 25.0 Å². The zero-order chi connectivity index (χ0) is 13.9. The minimum Gasteiger partial charge on any atom is -0.349 e. The molecule has 7 heteroatoms. The molecule has 0 bridgehead atoms. The van der Waals surface area contributed by atoms with Crippen LogP contribution in [0.1, 0.15) is 18.5 Å². The summed E-state index contributed by atoms with van der Waals surface area (Å²) >= 11 is 0. The largest absolute Gasteiger partial charge is 0.349 e. The molecular weight excluding hydrogens is 266 g/mol. The zero-order valence-electron chi connectivity index (χ0n) is 10.7. The van der Waals surface area contributed by atoms with Crippen LogP contribution in [-0.4, -0.2) is 42.5 Å². The van der Waals surface area contributed by atoms with Crippen molar-refractivity contribution in [3.05, 3.63) is 30.1 Å². The Morgan fingerprint density at radius 2 is 2.32 bits per heavy atom. The van der Waals surface area contributed by atoms with Crippen molar-refractivity contribution in [3.8, 4) is 0 Å². The first-order valence-electron chi connectivity index (χ1n) is 6.13. The average molecular weight is 283 g/mol. The Morgan fingerprint density at radius 1 is 1.53 bits per heavy atom. The second kappa shape index (κ2) is 5.66. The van der Waals surface area contributed by atoms with E-state index in [4.69, 9.17) is 0 Å². The van der Waals surface area contributed by atoms with E-state index in [0.717, 1.165) is 18.4 Å². The van der Waals surface area contributed by atoms with Crippen LogP contribution in [0.5, 0.6) is 0 Å². The lowest BCUT2D eigenvalue weighted by Gasteiger charge is -2.21. The topological polar surface area (TPSA) is 79.4 Å². The first kappa shape index (κ1) is 14.0. The van der Waals surface area contributed by atoms with Crippen molar-refractivity contribution < 1.29 is 13.2 Å². The number of rotatable bonds is 4. The fraction of sp³-hybridized carbons (Fsp3) is 0.500. The molecular formula is C12H17N3O3S. The van der Waals surface area contributed by atoms with Crippen LogP contribution < -0.4 is 5.32 Å². The number of carbonyl (C=O) groups is 1. The number of nitrogens with one attached hydrogen (secondary N) is 1. The molecule has 1 aromatic rings. The lowest BCUT2D eigenvalue weighted by atomic mass is 10.2. The Kier molecular flexibility index (Phi) is 4.16. The average Bonchev–Trinajstić information content (AvgIpc) is 2.86. The van der Waals surface area contributed by atoms with Crippen molar-refractivity contribution in [1.29, 1.82) is 0 Å². The number of carbonyl (C=O) groups excluding carboxylic acids is 1. The second-order valence-corrected chi connectivity index (χ2v) is 6.51. The van der Waals surface area contributed by atoms with Crippen molar-refractivity contribution >= 4 is 15.9 Å². The molecule has 1 saturated heterocycles. The van der Waals surface area contributed by atoms with E-state index >= 15 is 0 Å². The van der Waals surface area contributed by atoms with Crippen LogP contribution in [0.2, 0.25) is 0 Å². The highest BCUT2D eigenvalue weighted by Gasteiger charge is 2.36. The van der Waals surface area contributed by atoms with Gasteiger partial charge in [0.15, 0.2) is 0 Å². The summed E-state index contributed by atoms with van der Waals surface area (Å²) in [5, 5.41) is 2.74. The molecule has 1 atom stereocenters. The minimum atomic E-state index is -3.32. The van der Waals surface area contributed by atoms with Crippen molar-refractivity contribution in [2.24, 2.45) is 0 Å². The number of sulfonamides is 1. The van der Waals surface area contributed by atoms with Crippen LogP contribution in [-0.2, 0) is 21.4 Å². The molecule has 2 heterocycles. The van der Waals surface area contributed by atoms with Gasteiger partial charge >= 0.3 is 0 Å². The maximum Gasteiger partial charge on any atom is 0.238 e. The van der Waals surface area contributed by atoms with E-state index in [-0.39, 0.29) is 5.91 Å². The highest BCUT2D eigenvalue weighted by molar-refractivity contribution is 7.88. The number of pyridine rings is 1. The van der Waals surface area contributed by atoms with Crippen molar-refractivity contribution in [2.75, 3.05) is 12.8 Å². The molecule has 1 aromatic heterocycles. The van der Waals surface area contributed by atoms with Gasteiger partial charge in [0.25, 0.3) is 0 Å². The number of amides is 1. The Bertz CT molecular complexity index is 545. The van der Waals surface area contributed by atoms with Gasteiger partial charge in [-0.15, -0.1) is 0 Å². The predicted octanol–water partition coefficient (Wildman–Crippen LogP) is 0.122. The molecule has 0 aromatic carbocycles. The molecule has 19 heavy (non-hydrogen) atoms. The molecule has 0 saturated carbocycles. The summed E-state index contributed by atoms with van der Waals surface area (Å²) in [7, 11) is -3.32. The molecule has 2 rings (SSSR count). The summed E-state index contributed by atoms with van der Waals surface area (Å²) in [6.07, 6.45) is 4.08. The van der Waals surface area contributed by atoms with Gasteiger partial charge in [0.05, 0.1) is 18.5 Å². The number of hydrogen-bond donors (Lipinski definition) is 1. The predicted molar refractivity (Wildman–Crippen MR) is 70.7 cm³/mol. The number of hydrogen-bond acceptors (Lipinski definition) is 4. The van der Waals surface area contributed by atoms with Gasteiger partial charge in [-0.1, -0.05) is 6.07 Å². The molecule has 0 aliphatic carbocycles. The highest BCUT2D eigenvalue weighted by atomic mass is 32.2. The standard InChI is InChI=1S/C12H17N3O3S/c1-19(17,18)15-8-4-6-11(15)12(16)14-9-10-5-2-3-7-13-10/h2-3,5,7,11H,4,6,8-9H2,1H3,(H,14,16)/t11-/m0/s1. The SMILES string of the molecule is CS(=O)(=O)N1CCC[C@H]1C(=O)NCc1ccccn1. The quantitative estimate of drug-likeness (QED) is 0.851. The van der Waals surface area contributed by atoms with Gasteiger partial charge in [0.2, 0.25) is 15.9 Å². The molecule has 0 radical (unpaired) electrons. The summed E-state index contributed by atoms with van der Waals surface area (Å²) in [6.45, 7) is 0.730. The Morgan fingerprint density at radius 3 is 2.95 bits per heavy atom. The summed E-state index contributed by atoms with van der Waals surface area (Å²) < 4.78 is 24.4. The zero-order valence-corrected chi connectivity index (χ0v) is 11.6. The fourth-order valence-electron chi connectivity index (χ4n) is 2.20. The number of aromatic nitrogens is 1. The third kappa shape index (κ3) is 3.51. The number of nitrogens with zero attached hydrogens (tertiary/aromatic N) is 2. The third-order valence-corrected chi connectivity index (χ3v) is 4.39. The molecule has 1 N–H and O–H groups in total. The second-order valence-electron chi connectivity index (χ2n) is 4.57. The smallest absolute Gasteiger partial charge is 0.238 e. The van der Waals surface area contributed by atoms with Crippen LogP contribution in [0.3, 0.4) is 0 Å². The molecule has 1 aliphatic heterocycles. The van der Waals surface area contributed by atoms with Gasteiger partial charge in [-0.25, -0.2) is 8.42 Å². The van der Waals surface area contributed by atoms with Crippen LogP contribution in [0.25, 0.3) is 0 Å². The Balaban J connectivity index is 1.96. The third-order valence-electron chi connectivity index (χ3n) is 3.10. The van der Waals surface area contributed by atoms with E-state index < -0.39 is 16.1 Å². The van der Waals surface area contributed by atoms with Gasteiger partial charge in [-0.2, -0.15) is 4.31 Å². The van der Waals surface area contributed by atoms with Crippen LogP contribution >= 0.6 is 0 Å². The summed E-state index contributed by atoms with van der Waals surface area (Å²) in [6, 6.07) is 4.86. The molecule has 6 nitrogen and oxygen atoms in total. The van der Waals surface area contributed by atoms with Gasteiger partial charge in [-0.3, -0.25) is 9.78 Å². The first-order chi connectivity index (χ1) is 8.98. The summed E-state index contributed by atoms with van der Waals surface area (Å²) in [5.41, 5.74) is 0.750. The van der Waals surface area contributed by atoms with Crippen molar-refractivity contribution in [3.63, 3.8) is 0 Å². The van der Waals surface area contributed by atoms with Crippen LogP contribution in [0, 0.1) is 0 Å². The molecule has 0 spiro atoms.